The van der Waals surface area contributed by atoms with Crippen LogP contribution in [0.4, 0.5) is 5.69 Å². The molecule has 1 rings (SSSR count). The van der Waals surface area contributed by atoms with Crippen LogP contribution in [0.3, 0.4) is 0 Å². The van der Waals surface area contributed by atoms with Crippen molar-refractivity contribution < 1.29 is 9.90 Å². The summed E-state index contributed by atoms with van der Waals surface area (Å²) in [6.45, 7) is 6.24. The molecule has 1 unspecified atom stereocenters. The summed E-state index contributed by atoms with van der Waals surface area (Å²) < 4.78 is 0. The fourth-order valence-electron chi connectivity index (χ4n) is 1.74. The standard InChI is InChI=1S/C14H21NO2/c1-10(2)12-5-7-13(8-6-12)15(4)11(3)9-14(16)17/h5-8,10-11H,9H2,1-4H3,(H,16,17). The van der Waals surface area contributed by atoms with Gasteiger partial charge < -0.3 is 10.0 Å². The Kier molecular flexibility index (Phi) is 4.55. The Morgan fingerprint density at radius 2 is 1.76 bits per heavy atom. The van der Waals surface area contributed by atoms with Gasteiger partial charge in [-0.25, -0.2) is 0 Å². The second-order valence-corrected chi connectivity index (χ2v) is 4.80. The van der Waals surface area contributed by atoms with E-state index in [2.05, 4.69) is 26.0 Å². The van der Waals surface area contributed by atoms with Crippen molar-refractivity contribution in [2.24, 2.45) is 0 Å². The Morgan fingerprint density at radius 3 is 2.18 bits per heavy atom. The van der Waals surface area contributed by atoms with Crippen LogP contribution in [0.15, 0.2) is 24.3 Å². The molecule has 17 heavy (non-hydrogen) atoms. The molecule has 3 heteroatoms. The van der Waals surface area contributed by atoms with Gasteiger partial charge in [0.15, 0.2) is 0 Å². The molecule has 94 valence electrons. The summed E-state index contributed by atoms with van der Waals surface area (Å²) in [5.41, 5.74) is 2.36. The quantitative estimate of drug-likeness (QED) is 0.852. The molecule has 0 radical (unpaired) electrons. The number of hydrogen-bond donors (Lipinski definition) is 1. The summed E-state index contributed by atoms with van der Waals surface area (Å²) in [5.74, 6) is -0.242. The van der Waals surface area contributed by atoms with E-state index in [0.29, 0.717) is 5.92 Å². The van der Waals surface area contributed by atoms with Gasteiger partial charge in [0, 0.05) is 18.8 Å². The van der Waals surface area contributed by atoms with Crippen LogP contribution < -0.4 is 4.90 Å². The number of hydrogen-bond acceptors (Lipinski definition) is 2. The molecule has 1 N–H and O–H groups in total. The lowest BCUT2D eigenvalue weighted by molar-refractivity contribution is -0.137. The van der Waals surface area contributed by atoms with Gasteiger partial charge in [-0.15, -0.1) is 0 Å². The highest BCUT2D eigenvalue weighted by molar-refractivity contribution is 5.68. The molecule has 0 saturated carbocycles. The first-order chi connectivity index (χ1) is 7.91. The van der Waals surface area contributed by atoms with Gasteiger partial charge in [0.1, 0.15) is 0 Å². The summed E-state index contributed by atoms with van der Waals surface area (Å²) in [4.78, 5) is 12.7. The molecule has 0 saturated heterocycles. The van der Waals surface area contributed by atoms with Gasteiger partial charge in [-0.05, 0) is 30.5 Å². The van der Waals surface area contributed by atoms with E-state index in [1.54, 1.807) is 0 Å². The third-order valence-electron chi connectivity index (χ3n) is 3.10. The first-order valence-electron chi connectivity index (χ1n) is 5.96. The van der Waals surface area contributed by atoms with Gasteiger partial charge in [0.05, 0.1) is 6.42 Å². The van der Waals surface area contributed by atoms with E-state index in [9.17, 15) is 4.79 Å². The Bertz CT molecular complexity index is 370. The van der Waals surface area contributed by atoms with Gasteiger partial charge in [-0.3, -0.25) is 4.79 Å². The summed E-state index contributed by atoms with van der Waals surface area (Å²) >= 11 is 0. The van der Waals surface area contributed by atoms with Crippen LogP contribution in [0, 0.1) is 0 Å². The van der Waals surface area contributed by atoms with Crippen molar-refractivity contribution in [3.05, 3.63) is 29.8 Å². The lowest BCUT2D eigenvalue weighted by atomic mass is 10.0. The summed E-state index contributed by atoms with van der Waals surface area (Å²) in [6.07, 6.45) is 0.155. The Balaban J connectivity index is 2.75. The van der Waals surface area contributed by atoms with Crippen LogP contribution >= 0.6 is 0 Å². The molecule has 0 fully saturated rings. The molecule has 1 atom stereocenters. The molecular formula is C14H21NO2. The van der Waals surface area contributed by atoms with Crippen molar-refractivity contribution in [1.29, 1.82) is 0 Å². The molecule has 1 aromatic rings. The fraction of sp³-hybridized carbons (Fsp3) is 0.500. The molecular weight excluding hydrogens is 214 g/mol. The highest BCUT2D eigenvalue weighted by atomic mass is 16.4. The Hall–Kier alpha value is -1.51. The number of carboxylic acids is 1. The summed E-state index contributed by atoms with van der Waals surface area (Å²) in [5, 5.41) is 8.77. The number of aliphatic carboxylic acids is 1. The molecule has 0 aromatic heterocycles. The van der Waals surface area contributed by atoms with Crippen LogP contribution in [0.25, 0.3) is 0 Å². The number of anilines is 1. The summed E-state index contributed by atoms with van der Waals surface area (Å²) in [7, 11) is 1.93. The Morgan fingerprint density at radius 1 is 1.24 bits per heavy atom. The van der Waals surface area contributed by atoms with Crippen molar-refractivity contribution in [2.75, 3.05) is 11.9 Å². The zero-order valence-corrected chi connectivity index (χ0v) is 11.0. The second-order valence-electron chi connectivity index (χ2n) is 4.80. The predicted molar refractivity (Wildman–Crippen MR) is 70.6 cm³/mol. The first kappa shape index (κ1) is 13.6. The molecule has 0 spiro atoms. The number of rotatable bonds is 5. The van der Waals surface area contributed by atoms with Crippen molar-refractivity contribution in [3.63, 3.8) is 0 Å². The molecule has 0 aliphatic carbocycles. The maximum absolute atomic E-state index is 10.7. The lowest BCUT2D eigenvalue weighted by Crippen LogP contribution is -2.30. The molecule has 0 aliphatic heterocycles. The normalized spacial score (nSPS) is 12.5. The van der Waals surface area contributed by atoms with E-state index in [1.165, 1.54) is 5.56 Å². The van der Waals surface area contributed by atoms with Gasteiger partial charge in [-0.2, -0.15) is 0 Å². The average molecular weight is 235 g/mol. The number of carbonyl (C=O) groups is 1. The monoisotopic (exact) mass is 235 g/mol. The number of nitrogens with zero attached hydrogens (tertiary/aromatic N) is 1. The highest BCUT2D eigenvalue weighted by Gasteiger charge is 2.13. The molecule has 0 amide bonds. The minimum absolute atomic E-state index is 0.00241. The van der Waals surface area contributed by atoms with Crippen LogP contribution in [-0.4, -0.2) is 24.2 Å². The largest absolute Gasteiger partial charge is 0.481 e. The predicted octanol–water partition coefficient (Wildman–Crippen LogP) is 3.11. The van der Waals surface area contributed by atoms with Gasteiger partial charge in [-0.1, -0.05) is 26.0 Å². The number of carboxylic acid groups (broad SMARTS) is 1. The van der Waals surface area contributed by atoms with Crippen LogP contribution in [0.2, 0.25) is 0 Å². The van der Waals surface area contributed by atoms with Crippen molar-refractivity contribution in [3.8, 4) is 0 Å². The number of benzene rings is 1. The molecule has 0 bridgehead atoms. The topological polar surface area (TPSA) is 40.5 Å². The smallest absolute Gasteiger partial charge is 0.305 e. The zero-order valence-electron chi connectivity index (χ0n) is 11.0. The lowest BCUT2D eigenvalue weighted by Gasteiger charge is -2.26. The Labute approximate surface area is 103 Å². The summed E-state index contributed by atoms with van der Waals surface area (Å²) in [6, 6.07) is 8.30. The van der Waals surface area contributed by atoms with E-state index >= 15 is 0 Å². The zero-order chi connectivity index (χ0) is 13.0. The van der Waals surface area contributed by atoms with E-state index in [-0.39, 0.29) is 12.5 Å². The molecule has 3 nitrogen and oxygen atoms in total. The van der Waals surface area contributed by atoms with Crippen LogP contribution in [-0.2, 0) is 4.79 Å². The van der Waals surface area contributed by atoms with Crippen LogP contribution in [0.1, 0.15) is 38.7 Å². The third-order valence-corrected chi connectivity index (χ3v) is 3.10. The van der Waals surface area contributed by atoms with Crippen molar-refractivity contribution in [1.82, 2.24) is 0 Å². The van der Waals surface area contributed by atoms with Gasteiger partial charge in [0.2, 0.25) is 0 Å². The van der Waals surface area contributed by atoms with E-state index < -0.39 is 5.97 Å². The highest BCUT2D eigenvalue weighted by Crippen LogP contribution is 2.21. The maximum Gasteiger partial charge on any atom is 0.305 e. The van der Waals surface area contributed by atoms with Crippen molar-refractivity contribution in [2.45, 2.75) is 39.2 Å². The van der Waals surface area contributed by atoms with Crippen LogP contribution in [0.5, 0.6) is 0 Å². The SMILES string of the molecule is CC(C)c1ccc(N(C)C(C)CC(=O)O)cc1. The van der Waals surface area contributed by atoms with E-state index in [0.717, 1.165) is 5.69 Å². The first-order valence-corrected chi connectivity index (χ1v) is 5.96. The molecule has 0 heterocycles. The molecule has 0 aliphatic rings. The van der Waals surface area contributed by atoms with E-state index in [4.69, 9.17) is 5.11 Å². The van der Waals surface area contributed by atoms with Crippen molar-refractivity contribution >= 4 is 11.7 Å². The molecule has 1 aromatic carbocycles. The van der Waals surface area contributed by atoms with Gasteiger partial charge >= 0.3 is 5.97 Å². The maximum atomic E-state index is 10.7. The second kappa shape index (κ2) is 5.71. The van der Waals surface area contributed by atoms with Gasteiger partial charge in [0.25, 0.3) is 0 Å². The fourth-order valence-corrected chi connectivity index (χ4v) is 1.74. The minimum atomic E-state index is -0.761. The van der Waals surface area contributed by atoms with E-state index in [1.807, 2.05) is 31.0 Å². The average Bonchev–Trinajstić information content (AvgIpc) is 2.27. The minimum Gasteiger partial charge on any atom is -0.481 e. The third kappa shape index (κ3) is 3.77.